The van der Waals surface area contributed by atoms with E-state index in [4.69, 9.17) is 14.2 Å². The minimum atomic E-state index is -0.109. The fourth-order valence-corrected chi connectivity index (χ4v) is 3.65. The predicted molar refractivity (Wildman–Crippen MR) is 120 cm³/mol. The van der Waals surface area contributed by atoms with Crippen molar-refractivity contribution in [3.63, 3.8) is 0 Å². The number of ether oxygens (including phenoxy) is 3. The van der Waals surface area contributed by atoms with E-state index < -0.39 is 0 Å². The van der Waals surface area contributed by atoms with Crippen LogP contribution in [-0.2, 0) is 24.5 Å². The van der Waals surface area contributed by atoms with E-state index in [1.165, 1.54) is 5.56 Å². The summed E-state index contributed by atoms with van der Waals surface area (Å²) in [5.74, 6) is 2.78. The summed E-state index contributed by atoms with van der Waals surface area (Å²) < 4.78 is 18.6. The lowest BCUT2D eigenvalue weighted by molar-refractivity contribution is -0.121. The Morgan fingerprint density at radius 3 is 2.75 bits per heavy atom. The Morgan fingerprint density at radius 1 is 1.06 bits per heavy atom. The molecule has 32 heavy (non-hydrogen) atoms. The van der Waals surface area contributed by atoms with Crippen LogP contribution < -0.4 is 19.5 Å². The molecule has 0 unspecified atom stereocenters. The first-order valence-corrected chi connectivity index (χ1v) is 10.4. The second-order valence-electron chi connectivity index (χ2n) is 7.67. The lowest BCUT2D eigenvalue weighted by Crippen LogP contribution is -2.28. The van der Waals surface area contributed by atoms with Gasteiger partial charge in [-0.3, -0.25) is 4.79 Å². The van der Waals surface area contributed by atoms with E-state index in [2.05, 4.69) is 10.3 Å². The van der Waals surface area contributed by atoms with Crippen LogP contribution in [-0.4, -0.2) is 22.3 Å². The summed E-state index contributed by atoms with van der Waals surface area (Å²) in [5.41, 5.74) is 3.84. The van der Waals surface area contributed by atoms with E-state index >= 15 is 0 Å². The number of aromatic nitrogens is 2. The minimum absolute atomic E-state index is 0.109. The average molecular weight is 429 g/mol. The molecule has 3 aromatic carbocycles. The Hall–Kier alpha value is -4.00. The number of hydrogen-bond acceptors (Lipinski definition) is 5. The van der Waals surface area contributed by atoms with Crippen LogP contribution in [0, 0.1) is 6.92 Å². The zero-order valence-corrected chi connectivity index (χ0v) is 17.7. The third-order valence-corrected chi connectivity index (χ3v) is 5.35. The van der Waals surface area contributed by atoms with Gasteiger partial charge < -0.3 is 24.1 Å². The molecule has 0 radical (unpaired) electrons. The Morgan fingerprint density at radius 2 is 1.88 bits per heavy atom. The quantitative estimate of drug-likeness (QED) is 0.481. The third-order valence-electron chi connectivity index (χ3n) is 5.35. The van der Waals surface area contributed by atoms with Crippen molar-refractivity contribution in [3.05, 3.63) is 83.7 Å². The second kappa shape index (κ2) is 8.63. The van der Waals surface area contributed by atoms with Crippen molar-refractivity contribution >= 4 is 16.9 Å². The van der Waals surface area contributed by atoms with Crippen LogP contribution in [0.5, 0.6) is 17.2 Å². The van der Waals surface area contributed by atoms with Crippen LogP contribution >= 0.6 is 0 Å². The number of carbonyl (C=O) groups is 1. The number of benzene rings is 3. The van der Waals surface area contributed by atoms with Gasteiger partial charge in [0.15, 0.2) is 11.5 Å². The molecule has 4 aromatic rings. The van der Waals surface area contributed by atoms with Crippen molar-refractivity contribution in [1.82, 2.24) is 14.9 Å². The molecule has 7 nitrogen and oxygen atoms in total. The molecular formula is C25H23N3O4. The molecule has 7 heteroatoms. The highest BCUT2D eigenvalue weighted by Crippen LogP contribution is 2.32. The van der Waals surface area contributed by atoms with Gasteiger partial charge in [0.25, 0.3) is 0 Å². The molecule has 162 valence electrons. The summed E-state index contributed by atoms with van der Waals surface area (Å²) >= 11 is 0. The number of fused-ring (bicyclic) bond motifs is 2. The molecule has 0 spiro atoms. The summed E-state index contributed by atoms with van der Waals surface area (Å²) in [6.45, 7) is 3.08. The Bertz CT molecular complexity index is 1260. The van der Waals surface area contributed by atoms with Crippen molar-refractivity contribution in [1.29, 1.82) is 0 Å². The number of carbonyl (C=O) groups excluding carboxylic acids is 1. The predicted octanol–water partition coefficient (Wildman–Crippen LogP) is 3.97. The Balaban J connectivity index is 1.29. The first-order chi connectivity index (χ1) is 15.7. The molecule has 1 N–H and O–H groups in total. The highest BCUT2D eigenvalue weighted by Gasteiger charge is 2.16. The summed E-state index contributed by atoms with van der Waals surface area (Å²) in [5, 5.41) is 2.98. The first-order valence-electron chi connectivity index (χ1n) is 10.4. The van der Waals surface area contributed by atoms with Gasteiger partial charge in [-0.05, 0) is 48.9 Å². The van der Waals surface area contributed by atoms with Gasteiger partial charge in [-0.25, -0.2) is 4.98 Å². The molecule has 2 heterocycles. The third kappa shape index (κ3) is 4.23. The second-order valence-corrected chi connectivity index (χ2v) is 7.67. The van der Waals surface area contributed by atoms with Crippen molar-refractivity contribution in [3.8, 4) is 17.2 Å². The summed E-state index contributed by atoms with van der Waals surface area (Å²) in [7, 11) is 0. The van der Waals surface area contributed by atoms with Gasteiger partial charge in [0.05, 0.1) is 11.0 Å². The standard InChI is InChI=1S/C25H23N3O4/c1-17-6-9-19(10-7-17)30-15-24-27-20-4-2-3-5-21(20)28(24)14-25(29)26-13-18-8-11-22-23(12-18)32-16-31-22/h2-12H,13-16H2,1H3,(H,26,29). The highest BCUT2D eigenvalue weighted by molar-refractivity contribution is 5.81. The van der Waals surface area contributed by atoms with Crippen molar-refractivity contribution in [2.75, 3.05) is 6.79 Å². The molecule has 0 atom stereocenters. The lowest BCUT2D eigenvalue weighted by Gasteiger charge is -2.11. The van der Waals surface area contributed by atoms with Gasteiger partial charge in [-0.2, -0.15) is 0 Å². The van der Waals surface area contributed by atoms with Gasteiger partial charge in [0.1, 0.15) is 24.7 Å². The van der Waals surface area contributed by atoms with E-state index in [-0.39, 0.29) is 25.9 Å². The number of nitrogens with one attached hydrogen (secondary N) is 1. The summed E-state index contributed by atoms with van der Waals surface area (Å²) in [4.78, 5) is 17.5. The van der Waals surface area contributed by atoms with Crippen LogP contribution in [0.2, 0.25) is 0 Å². The molecule has 0 saturated carbocycles. The maximum Gasteiger partial charge on any atom is 0.240 e. The van der Waals surface area contributed by atoms with E-state index in [0.29, 0.717) is 18.1 Å². The fraction of sp³-hybridized carbons (Fsp3) is 0.200. The van der Waals surface area contributed by atoms with Gasteiger partial charge in [0, 0.05) is 6.54 Å². The molecule has 0 bridgehead atoms. The van der Waals surface area contributed by atoms with Crippen LogP contribution in [0.25, 0.3) is 11.0 Å². The molecule has 0 fully saturated rings. The van der Waals surface area contributed by atoms with Crippen LogP contribution in [0.4, 0.5) is 0 Å². The number of para-hydroxylation sites is 2. The average Bonchev–Trinajstić information content (AvgIpc) is 3.41. The van der Waals surface area contributed by atoms with Gasteiger partial charge in [-0.1, -0.05) is 35.9 Å². The molecule has 1 aromatic heterocycles. The van der Waals surface area contributed by atoms with E-state index in [0.717, 1.165) is 28.1 Å². The first kappa shape index (κ1) is 19.9. The molecule has 0 aliphatic carbocycles. The van der Waals surface area contributed by atoms with Crippen molar-refractivity contribution in [2.45, 2.75) is 26.6 Å². The molecular weight excluding hydrogens is 406 g/mol. The molecule has 0 saturated heterocycles. The molecule has 1 aliphatic rings. The lowest BCUT2D eigenvalue weighted by atomic mass is 10.2. The number of hydrogen-bond donors (Lipinski definition) is 1. The molecule has 1 aliphatic heterocycles. The number of aryl methyl sites for hydroxylation is 1. The molecule has 1 amide bonds. The number of amides is 1. The monoisotopic (exact) mass is 429 g/mol. The SMILES string of the molecule is Cc1ccc(OCc2nc3ccccc3n2CC(=O)NCc2ccc3c(c2)OCO3)cc1. The van der Waals surface area contributed by atoms with E-state index in [1.54, 1.807) is 0 Å². The van der Waals surface area contributed by atoms with E-state index in [9.17, 15) is 4.79 Å². The fourth-order valence-electron chi connectivity index (χ4n) is 3.65. The Kier molecular flexibility index (Phi) is 5.37. The summed E-state index contributed by atoms with van der Waals surface area (Å²) in [6.07, 6.45) is 0. The van der Waals surface area contributed by atoms with E-state index in [1.807, 2.05) is 78.2 Å². The maximum absolute atomic E-state index is 12.8. The van der Waals surface area contributed by atoms with Crippen LogP contribution in [0.3, 0.4) is 0 Å². The largest absolute Gasteiger partial charge is 0.486 e. The molecule has 5 rings (SSSR count). The van der Waals surface area contributed by atoms with Gasteiger partial charge in [0.2, 0.25) is 12.7 Å². The number of rotatable bonds is 7. The van der Waals surface area contributed by atoms with Crippen molar-refractivity contribution < 1.29 is 19.0 Å². The van der Waals surface area contributed by atoms with Crippen molar-refractivity contribution in [2.24, 2.45) is 0 Å². The number of nitrogens with zero attached hydrogens (tertiary/aromatic N) is 2. The van der Waals surface area contributed by atoms with Gasteiger partial charge in [-0.15, -0.1) is 0 Å². The maximum atomic E-state index is 12.8. The van der Waals surface area contributed by atoms with Crippen LogP contribution in [0.1, 0.15) is 17.0 Å². The summed E-state index contributed by atoms with van der Waals surface area (Å²) in [6, 6.07) is 21.3. The van der Waals surface area contributed by atoms with Crippen LogP contribution in [0.15, 0.2) is 66.7 Å². The highest BCUT2D eigenvalue weighted by atomic mass is 16.7. The Labute approximate surface area is 185 Å². The zero-order chi connectivity index (χ0) is 21.9. The topological polar surface area (TPSA) is 74.6 Å². The number of imidazole rings is 1. The smallest absolute Gasteiger partial charge is 0.240 e. The minimum Gasteiger partial charge on any atom is -0.486 e. The zero-order valence-electron chi connectivity index (χ0n) is 17.7. The van der Waals surface area contributed by atoms with Gasteiger partial charge >= 0.3 is 0 Å². The normalized spacial score (nSPS) is 12.2.